The van der Waals surface area contributed by atoms with Crippen molar-refractivity contribution in [2.24, 2.45) is 0 Å². The summed E-state index contributed by atoms with van der Waals surface area (Å²) in [5.41, 5.74) is 0. The molecule has 0 aliphatic heterocycles. The van der Waals surface area contributed by atoms with Crippen LogP contribution in [0.25, 0.3) is 0 Å². The van der Waals surface area contributed by atoms with E-state index >= 15 is 0 Å². The van der Waals surface area contributed by atoms with Gasteiger partial charge in [-0.15, -0.1) is 0 Å². The number of rotatable bonds is 4. The van der Waals surface area contributed by atoms with Crippen LogP contribution >= 0.6 is 7.82 Å². The highest BCUT2D eigenvalue weighted by Gasteiger charge is 2.18. The maximum atomic E-state index is 10.6. The first-order chi connectivity index (χ1) is 4.62. The van der Waals surface area contributed by atoms with Crippen LogP contribution < -0.4 is 0 Å². The Kier molecular flexibility index (Phi) is 4.36. The summed E-state index contributed by atoms with van der Waals surface area (Å²) in [6.07, 6.45) is 2.62. The van der Waals surface area contributed by atoms with Crippen LogP contribution in [0.5, 0.6) is 0 Å². The van der Waals surface area contributed by atoms with Crippen molar-refractivity contribution in [3.05, 3.63) is 12.3 Å². The summed E-state index contributed by atoms with van der Waals surface area (Å²) in [4.78, 5) is 8.71. The van der Waals surface area contributed by atoms with Crippen LogP contribution in [0.1, 0.15) is 13.8 Å². The van der Waals surface area contributed by atoms with Crippen molar-refractivity contribution in [2.75, 3.05) is 6.61 Å². The molecule has 0 aromatic heterocycles. The molecular weight excluding hydrogens is 155 g/mol. The van der Waals surface area contributed by atoms with Gasteiger partial charge >= 0.3 is 7.82 Å². The molecule has 0 aromatic rings. The molecule has 0 spiro atoms. The van der Waals surface area contributed by atoms with Gasteiger partial charge in [-0.1, -0.05) is 6.08 Å². The molecule has 1 unspecified atom stereocenters. The topological polar surface area (TPSA) is 55.8 Å². The molecule has 4 nitrogen and oxygen atoms in total. The maximum Gasteiger partial charge on any atom is 0.526 e. The van der Waals surface area contributed by atoms with E-state index in [4.69, 9.17) is 4.89 Å². The zero-order valence-corrected chi connectivity index (χ0v) is 6.88. The van der Waals surface area contributed by atoms with Gasteiger partial charge in [-0.3, -0.25) is 9.42 Å². The van der Waals surface area contributed by atoms with Crippen molar-refractivity contribution >= 4 is 7.82 Å². The summed E-state index contributed by atoms with van der Waals surface area (Å²) >= 11 is 0. The van der Waals surface area contributed by atoms with E-state index < -0.39 is 7.82 Å². The second-order valence-corrected chi connectivity index (χ2v) is 2.87. The van der Waals surface area contributed by atoms with Crippen LogP contribution in [0.4, 0.5) is 0 Å². The Labute approximate surface area is 60.1 Å². The average Bonchev–Trinajstić information content (AvgIpc) is 1.84. The summed E-state index contributed by atoms with van der Waals surface area (Å²) in [7, 11) is -3.80. The Morgan fingerprint density at radius 3 is 2.70 bits per heavy atom. The van der Waals surface area contributed by atoms with Crippen LogP contribution in [0.15, 0.2) is 12.3 Å². The van der Waals surface area contributed by atoms with Crippen LogP contribution in [0.3, 0.4) is 0 Å². The minimum absolute atomic E-state index is 0.158. The van der Waals surface area contributed by atoms with E-state index in [-0.39, 0.29) is 6.61 Å². The minimum atomic E-state index is -3.80. The van der Waals surface area contributed by atoms with E-state index in [2.05, 4.69) is 9.05 Å². The van der Waals surface area contributed by atoms with Gasteiger partial charge in [0.25, 0.3) is 0 Å². The molecule has 0 radical (unpaired) electrons. The number of hydrogen-bond donors (Lipinski definition) is 1. The molecule has 0 fully saturated rings. The van der Waals surface area contributed by atoms with Gasteiger partial charge in [0.1, 0.15) is 0 Å². The van der Waals surface area contributed by atoms with E-state index in [1.54, 1.807) is 13.8 Å². The molecular formula is C5H11O4P. The maximum absolute atomic E-state index is 10.6. The third kappa shape index (κ3) is 4.56. The van der Waals surface area contributed by atoms with Gasteiger partial charge in [0.05, 0.1) is 12.9 Å². The number of phosphoric ester groups is 1. The average molecular weight is 166 g/mol. The molecule has 0 saturated carbocycles. The van der Waals surface area contributed by atoms with Crippen molar-refractivity contribution in [3.63, 3.8) is 0 Å². The summed E-state index contributed by atoms with van der Waals surface area (Å²) in [6, 6.07) is 0. The standard InChI is InChI=1S/C5H11O4P/c1-3-5-9-10(6,7)8-4-2/h3,5H,4H2,1-2H3,(H,6,7). The molecule has 0 saturated heterocycles. The highest BCUT2D eigenvalue weighted by Crippen LogP contribution is 2.42. The highest BCUT2D eigenvalue weighted by molar-refractivity contribution is 7.47. The lowest BCUT2D eigenvalue weighted by Crippen LogP contribution is -1.88. The Morgan fingerprint density at radius 1 is 1.70 bits per heavy atom. The van der Waals surface area contributed by atoms with Gasteiger partial charge in [0.15, 0.2) is 0 Å². The van der Waals surface area contributed by atoms with Gasteiger partial charge in [0.2, 0.25) is 0 Å². The van der Waals surface area contributed by atoms with Crippen LogP contribution in [0, 0.1) is 0 Å². The van der Waals surface area contributed by atoms with Gasteiger partial charge in [-0.05, 0) is 13.8 Å². The molecule has 0 heterocycles. The fourth-order valence-electron chi connectivity index (χ4n) is 0.331. The van der Waals surface area contributed by atoms with Crippen molar-refractivity contribution in [1.82, 2.24) is 0 Å². The van der Waals surface area contributed by atoms with Crippen molar-refractivity contribution in [2.45, 2.75) is 13.8 Å². The molecule has 0 aliphatic rings. The van der Waals surface area contributed by atoms with Gasteiger partial charge in [0, 0.05) is 0 Å². The van der Waals surface area contributed by atoms with Gasteiger partial charge in [-0.2, -0.15) is 0 Å². The lowest BCUT2D eigenvalue weighted by atomic mass is 10.8. The third-order valence-corrected chi connectivity index (χ3v) is 1.60. The Hall–Kier alpha value is -0.310. The first kappa shape index (κ1) is 9.69. The lowest BCUT2D eigenvalue weighted by molar-refractivity contribution is 0.196. The molecule has 0 rings (SSSR count). The summed E-state index contributed by atoms with van der Waals surface area (Å²) in [5.74, 6) is 0. The smallest absolute Gasteiger partial charge is 0.412 e. The van der Waals surface area contributed by atoms with E-state index in [9.17, 15) is 4.57 Å². The number of phosphoric acid groups is 1. The molecule has 5 heteroatoms. The predicted octanol–water partition coefficient (Wildman–Crippen LogP) is 1.67. The first-order valence-electron chi connectivity index (χ1n) is 2.89. The summed E-state index contributed by atoms with van der Waals surface area (Å²) < 4.78 is 19.3. The largest absolute Gasteiger partial charge is 0.526 e. The minimum Gasteiger partial charge on any atom is -0.412 e. The van der Waals surface area contributed by atoms with E-state index in [1.165, 1.54) is 6.08 Å². The molecule has 1 N–H and O–H groups in total. The SMILES string of the molecule is CC=COP(=O)(O)OCC. The Balaban J connectivity index is 3.75. The molecule has 1 atom stereocenters. The second-order valence-electron chi connectivity index (χ2n) is 1.46. The van der Waals surface area contributed by atoms with E-state index in [0.29, 0.717) is 0 Å². The fraction of sp³-hybridized carbons (Fsp3) is 0.600. The number of allylic oxidation sites excluding steroid dienone is 1. The Morgan fingerprint density at radius 2 is 2.30 bits per heavy atom. The van der Waals surface area contributed by atoms with Crippen LogP contribution in [0.2, 0.25) is 0 Å². The van der Waals surface area contributed by atoms with Gasteiger partial charge in [-0.25, -0.2) is 4.57 Å². The van der Waals surface area contributed by atoms with Crippen molar-refractivity contribution in [3.8, 4) is 0 Å². The lowest BCUT2D eigenvalue weighted by Gasteiger charge is -2.06. The molecule has 60 valence electrons. The quantitative estimate of drug-likeness (QED) is 0.509. The van der Waals surface area contributed by atoms with Crippen molar-refractivity contribution < 1.29 is 18.5 Å². The zero-order chi connectivity index (χ0) is 8.04. The van der Waals surface area contributed by atoms with Crippen LogP contribution in [-0.4, -0.2) is 11.5 Å². The second kappa shape index (κ2) is 4.50. The van der Waals surface area contributed by atoms with Crippen LogP contribution in [-0.2, 0) is 13.6 Å². The fourth-order valence-corrected chi connectivity index (χ4v) is 0.994. The monoisotopic (exact) mass is 166 g/mol. The van der Waals surface area contributed by atoms with Crippen molar-refractivity contribution in [1.29, 1.82) is 0 Å². The molecule has 0 bridgehead atoms. The summed E-state index contributed by atoms with van der Waals surface area (Å²) in [5, 5.41) is 0. The third-order valence-electron chi connectivity index (χ3n) is 0.622. The molecule has 0 aliphatic carbocycles. The summed E-state index contributed by atoms with van der Waals surface area (Å²) in [6.45, 7) is 3.44. The van der Waals surface area contributed by atoms with E-state index in [1.807, 2.05) is 0 Å². The zero-order valence-electron chi connectivity index (χ0n) is 5.98. The Bertz CT molecular complexity index is 154. The predicted molar refractivity (Wildman–Crippen MR) is 37.4 cm³/mol. The molecule has 10 heavy (non-hydrogen) atoms. The molecule has 0 amide bonds. The van der Waals surface area contributed by atoms with E-state index in [0.717, 1.165) is 6.26 Å². The highest BCUT2D eigenvalue weighted by atomic mass is 31.2. The first-order valence-corrected chi connectivity index (χ1v) is 4.39. The normalized spacial score (nSPS) is 17.1. The molecule has 0 aromatic carbocycles. The van der Waals surface area contributed by atoms with Gasteiger partial charge < -0.3 is 4.52 Å². The number of hydrogen-bond acceptors (Lipinski definition) is 3.